The number of hydrogen-bond acceptors (Lipinski definition) is 4. The third kappa shape index (κ3) is 8.41. The van der Waals surface area contributed by atoms with E-state index in [0.717, 1.165) is 62.5 Å². The van der Waals surface area contributed by atoms with E-state index >= 15 is 0 Å². The molecule has 2 aliphatic carbocycles. The summed E-state index contributed by atoms with van der Waals surface area (Å²) in [4.78, 5) is 0. The zero-order valence-electron chi connectivity index (χ0n) is 39.0. The number of unbranched alkanes of at least 4 members (excludes halogenated alkanes) is 4. The van der Waals surface area contributed by atoms with Gasteiger partial charge in [-0.15, -0.1) is 0 Å². The Bertz CT molecular complexity index is 1800. The van der Waals surface area contributed by atoms with Crippen molar-refractivity contribution < 1.29 is 35.1 Å². The number of phenols is 3. The fourth-order valence-electron chi connectivity index (χ4n) is 7.35. The minimum atomic E-state index is -2.38. The predicted octanol–water partition coefficient (Wildman–Crippen LogP) is 11.6. The molecule has 252 valence electrons. The monoisotopic (exact) mass is 640 g/mol. The third-order valence-corrected chi connectivity index (χ3v) is 9.84. The maximum Gasteiger partial charge on any atom is 0.127 e. The molecule has 0 fully saturated rings. The second-order valence-electron chi connectivity index (χ2n) is 13.6. The van der Waals surface area contributed by atoms with Crippen molar-refractivity contribution in [3.05, 3.63) is 81.9 Å². The number of aromatic hydroxyl groups is 3. The van der Waals surface area contributed by atoms with Gasteiger partial charge in [-0.1, -0.05) is 74.9 Å². The highest BCUT2D eigenvalue weighted by atomic mass is 16.5. The summed E-state index contributed by atoms with van der Waals surface area (Å²) < 4.78 is 92.3. The molecular weight excluding hydrogens is 568 g/mol. The maximum absolute atomic E-state index is 10.8. The van der Waals surface area contributed by atoms with Gasteiger partial charge in [0.05, 0.1) is 2.74 Å². The zero-order chi connectivity index (χ0) is 42.7. The van der Waals surface area contributed by atoms with Gasteiger partial charge in [0.2, 0.25) is 0 Å². The minimum Gasteiger partial charge on any atom is -0.507 e. The first-order chi connectivity index (χ1) is 26.4. The lowest BCUT2D eigenvalue weighted by molar-refractivity contribution is 0.0107. The van der Waals surface area contributed by atoms with Crippen molar-refractivity contribution >= 4 is 0 Å². The summed E-state index contributed by atoms with van der Waals surface area (Å²) in [6.45, 7) is 0.353. The van der Waals surface area contributed by atoms with Crippen molar-refractivity contribution in [3.8, 4) is 23.0 Å². The summed E-state index contributed by atoms with van der Waals surface area (Å²) in [6, 6.07) is 6.81. The van der Waals surface area contributed by atoms with Crippen LogP contribution in [0.3, 0.4) is 0 Å². The second kappa shape index (κ2) is 15.6. The van der Waals surface area contributed by atoms with E-state index in [0.29, 0.717) is 53.7 Å². The molecule has 46 heavy (non-hydrogen) atoms. The van der Waals surface area contributed by atoms with Crippen LogP contribution in [0.1, 0.15) is 162 Å². The van der Waals surface area contributed by atoms with Crippen molar-refractivity contribution in [2.24, 2.45) is 11.8 Å². The van der Waals surface area contributed by atoms with Gasteiger partial charge in [-0.3, -0.25) is 0 Å². The molecule has 5 rings (SSSR count). The van der Waals surface area contributed by atoms with Crippen LogP contribution in [0, 0.1) is 11.8 Å². The van der Waals surface area contributed by atoms with Gasteiger partial charge in [-0.2, -0.15) is 0 Å². The Morgan fingerprint density at radius 3 is 1.98 bits per heavy atom. The molecule has 3 aliphatic rings. The van der Waals surface area contributed by atoms with E-state index in [4.69, 9.17) is 19.8 Å². The third-order valence-electron chi connectivity index (χ3n) is 9.84. The normalized spacial score (nSPS) is 29.4. The highest BCUT2D eigenvalue weighted by Gasteiger charge is 2.45. The predicted molar refractivity (Wildman–Crippen MR) is 192 cm³/mol. The van der Waals surface area contributed by atoms with Crippen LogP contribution in [0.25, 0.3) is 0 Å². The van der Waals surface area contributed by atoms with Crippen LogP contribution in [0.2, 0.25) is 0 Å². The van der Waals surface area contributed by atoms with E-state index < -0.39 is 43.9 Å². The number of benzene rings is 2. The molecule has 0 saturated carbocycles. The van der Waals surface area contributed by atoms with E-state index in [1.165, 1.54) is 0 Å². The van der Waals surface area contributed by atoms with E-state index in [1.807, 2.05) is 6.07 Å². The van der Waals surface area contributed by atoms with Crippen molar-refractivity contribution in [3.63, 3.8) is 0 Å². The Balaban J connectivity index is 0.000000253. The zero-order valence-corrected chi connectivity index (χ0v) is 28.0. The van der Waals surface area contributed by atoms with Crippen LogP contribution >= 0.6 is 0 Å². The topological polar surface area (TPSA) is 69.9 Å². The minimum absolute atomic E-state index is 0.0552. The fraction of sp³-hybridized carbons (Fsp3) is 0.571. The number of phenolic OH excluding ortho intramolecular Hbond substituents is 3. The van der Waals surface area contributed by atoms with Gasteiger partial charge < -0.3 is 20.1 Å². The molecule has 2 aromatic carbocycles. The molecule has 0 aromatic heterocycles. The molecule has 4 nitrogen and oxygen atoms in total. The fourth-order valence-corrected chi connectivity index (χ4v) is 7.35. The molecule has 4 heteroatoms. The van der Waals surface area contributed by atoms with Gasteiger partial charge in [0.15, 0.2) is 0 Å². The first kappa shape index (κ1) is 23.2. The summed E-state index contributed by atoms with van der Waals surface area (Å²) in [7, 11) is 0. The second-order valence-corrected chi connectivity index (χ2v) is 13.6. The molecule has 1 aliphatic heterocycles. The number of allylic oxidation sites excluding steroid dienone is 5. The summed E-state index contributed by atoms with van der Waals surface area (Å²) in [5.41, 5.74) is 2.23. The van der Waals surface area contributed by atoms with E-state index in [1.54, 1.807) is 44.2 Å². The summed E-state index contributed by atoms with van der Waals surface area (Å²) in [5.74, 6) is -1.54. The van der Waals surface area contributed by atoms with Gasteiger partial charge in [0, 0.05) is 41.2 Å². The van der Waals surface area contributed by atoms with Gasteiger partial charge in [0.25, 0.3) is 0 Å². The molecule has 2 aromatic rings. The molecule has 0 bridgehead atoms. The van der Waals surface area contributed by atoms with Crippen LogP contribution in [0.5, 0.6) is 23.0 Å². The lowest BCUT2D eigenvalue weighted by atomic mass is 9.68. The van der Waals surface area contributed by atoms with E-state index in [2.05, 4.69) is 13.8 Å². The number of rotatable bonds is 10. The number of fused-ring (bicyclic) bond motifs is 3. The van der Waals surface area contributed by atoms with Crippen molar-refractivity contribution in [1.29, 1.82) is 0 Å². The SMILES string of the molecule is [2H]C([2H])([2H])C1=C[C@H]2c3c(O)cc(CCCCC)cc3OC(C)(C([2H])([2H])[2H])[C@@H]2CC1.[2H]C([2H])=C(C)[C@@H]1CCC(C([2H])([2H])[2H])=C[C@H]1c1c(O)cc(CCCCC)cc1O. The standard InChI is InChI=1S/2C21H30O2/c1-5-6-7-8-15-12-18(22)20-16-11-14(2)9-10-17(16)21(3,4)23-19(20)13-15;1-5-6-7-8-16-12-19(22)21(20(23)13-16)18-11-15(4)9-10-17(18)14(2)3/h11-13,16-17,22H,5-10H2,1-4H3;11-13,17-18,22-23H,2,5-10H2,1,3-4H3/t16-,17-;17-,18+/m10/s1/i2D3,3D3;2D2,4D3/t16-,17-,21?;m. The van der Waals surface area contributed by atoms with Crippen molar-refractivity contribution in [2.45, 2.75) is 143 Å². The number of aryl methyl sites for hydroxylation is 2. The van der Waals surface area contributed by atoms with E-state index in [9.17, 15) is 15.3 Å². The summed E-state index contributed by atoms with van der Waals surface area (Å²) in [5, 5.41) is 32.1. The molecule has 0 spiro atoms. The first-order valence-electron chi connectivity index (χ1n) is 22.6. The van der Waals surface area contributed by atoms with Crippen LogP contribution in [-0.4, -0.2) is 20.9 Å². The van der Waals surface area contributed by atoms with Crippen LogP contribution in [0.15, 0.2) is 59.7 Å². The molecule has 0 radical (unpaired) electrons. The highest BCUT2D eigenvalue weighted by molar-refractivity contribution is 5.54. The Labute approximate surface area is 294 Å². The lowest BCUT2D eigenvalue weighted by Crippen LogP contribution is -2.45. The Morgan fingerprint density at radius 2 is 1.41 bits per heavy atom. The number of hydrogen-bond donors (Lipinski definition) is 3. The highest BCUT2D eigenvalue weighted by Crippen LogP contribution is 2.53. The first-order valence-corrected chi connectivity index (χ1v) is 17.1. The Kier molecular flexibility index (Phi) is 7.89. The average molecular weight is 640 g/mol. The molecule has 3 N–H and O–H groups in total. The molecule has 5 atom stereocenters. The average Bonchev–Trinajstić information content (AvgIpc) is 3.10. The van der Waals surface area contributed by atoms with Crippen LogP contribution in [0.4, 0.5) is 0 Å². The molecule has 0 amide bonds. The number of ether oxygens (including phenoxy) is 1. The van der Waals surface area contributed by atoms with Crippen molar-refractivity contribution in [1.82, 2.24) is 0 Å². The summed E-state index contributed by atoms with van der Waals surface area (Å²) in [6.07, 6.45) is 12.5. The van der Waals surface area contributed by atoms with Crippen LogP contribution in [-0.2, 0) is 12.8 Å². The molecular formula is C42H60O4. The van der Waals surface area contributed by atoms with Gasteiger partial charge >= 0.3 is 0 Å². The lowest BCUT2D eigenvalue weighted by Gasteiger charge is -2.46. The Morgan fingerprint density at radius 1 is 0.848 bits per heavy atom. The quantitative estimate of drug-likeness (QED) is 0.179. The van der Waals surface area contributed by atoms with Gasteiger partial charge in [-0.05, 0) is 127 Å². The smallest absolute Gasteiger partial charge is 0.127 e. The molecule has 0 saturated heterocycles. The van der Waals surface area contributed by atoms with Gasteiger partial charge in [0.1, 0.15) is 28.6 Å². The van der Waals surface area contributed by atoms with Crippen LogP contribution < -0.4 is 4.74 Å². The molecule has 1 heterocycles. The Hall–Kier alpha value is -3.14. The van der Waals surface area contributed by atoms with E-state index in [-0.39, 0.29) is 35.3 Å². The summed E-state index contributed by atoms with van der Waals surface area (Å²) >= 11 is 0. The maximum atomic E-state index is 10.8. The molecule has 1 unspecified atom stereocenters. The van der Waals surface area contributed by atoms with Crippen molar-refractivity contribution in [2.75, 3.05) is 0 Å². The van der Waals surface area contributed by atoms with Gasteiger partial charge in [-0.25, -0.2) is 0 Å². The largest absolute Gasteiger partial charge is 0.507 e.